The molecule has 6 aromatic heterocycles. The van der Waals surface area contributed by atoms with Gasteiger partial charge in [0.05, 0.1) is 42.0 Å². The van der Waals surface area contributed by atoms with Gasteiger partial charge in [0.15, 0.2) is 0 Å². The molecule has 12 aromatic carbocycles. The number of benzene rings is 12. The molecule has 0 amide bonds. The molecule has 11 heteroatoms. The van der Waals surface area contributed by atoms with Gasteiger partial charge in [-0.3, -0.25) is 8.96 Å². The van der Waals surface area contributed by atoms with Gasteiger partial charge in [0, 0.05) is 86.9 Å². The van der Waals surface area contributed by atoms with Crippen LogP contribution in [0.25, 0.3) is 160 Å². The maximum absolute atomic E-state index is 9.96. The number of fused-ring (bicyclic) bond motifs is 20. The maximum atomic E-state index is 9.96. The first-order valence-corrected chi connectivity index (χ1v) is 31.5. The second-order valence-electron chi connectivity index (χ2n) is 25.1. The van der Waals surface area contributed by atoms with Gasteiger partial charge in [-0.15, -0.1) is 0 Å². The summed E-state index contributed by atoms with van der Waals surface area (Å²) in [6.45, 7) is 9.29. The van der Waals surface area contributed by atoms with E-state index in [-0.39, 0.29) is 47.1 Å². The summed E-state index contributed by atoms with van der Waals surface area (Å²) < 4.78 is 30.3. The van der Waals surface area contributed by atoms with E-state index in [1.54, 1.807) is 0 Å². The molecule has 448 valence electrons. The van der Waals surface area contributed by atoms with Crippen molar-refractivity contribution in [2.75, 3.05) is 7.15 Å². The Morgan fingerprint density at radius 3 is 1.39 bits per heavy atom. The van der Waals surface area contributed by atoms with Crippen molar-refractivity contribution in [2.24, 2.45) is 0 Å². The van der Waals surface area contributed by atoms with E-state index in [0.29, 0.717) is 5.95 Å². The third kappa shape index (κ3) is 9.27. The summed E-state index contributed by atoms with van der Waals surface area (Å²) in [5.74, 6) is 0.677. The van der Waals surface area contributed by atoms with Crippen LogP contribution in [0, 0.1) is 0 Å². The van der Waals surface area contributed by atoms with Gasteiger partial charge in [-0.2, -0.15) is 0 Å². The summed E-state index contributed by atoms with van der Waals surface area (Å²) in [7, 11) is -1.00. The fraction of sp³-hybridized carbons (Fsp3) is 0.0843. The Labute approximate surface area is 570 Å². The number of alkyl halides is 1. The van der Waals surface area contributed by atoms with Crippen LogP contribution in [-0.2, 0) is 10.8 Å². The number of furan rings is 2. The Kier molecular flexibility index (Phi) is 14.0. The molecule has 0 unspecified atom stereocenters. The first-order valence-electron chi connectivity index (χ1n) is 31.8. The van der Waals surface area contributed by atoms with E-state index in [1.165, 1.54) is 87.9 Å². The van der Waals surface area contributed by atoms with E-state index in [2.05, 4.69) is 223 Å². The van der Waals surface area contributed by atoms with E-state index >= 15 is 0 Å². The van der Waals surface area contributed by atoms with Crippen LogP contribution in [0.15, 0.2) is 264 Å². The van der Waals surface area contributed by atoms with Crippen molar-refractivity contribution in [1.82, 2.24) is 29.5 Å². The Hall–Kier alpha value is -10.3. The predicted molar refractivity (Wildman–Crippen MR) is 383 cm³/mol. The van der Waals surface area contributed by atoms with Crippen LogP contribution in [0.4, 0.5) is 4.39 Å². The van der Waals surface area contributed by atoms with Crippen LogP contribution < -0.4 is 29.6 Å². The van der Waals surface area contributed by atoms with Crippen molar-refractivity contribution in [3.63, 3.8) is 0 Å². The summed E-state index contributed by atoms with van der Waals surface area (Å²) in [6.07, 6.45) is 0. The van der Waals surface area contributed by atoms with Crippen molar-refractivity contribution >= 4 is 121 Å². The zero-order valence-electron chi connectivity index (χ0n) is 54.3. The van der Waals surface area contributed by atoms with Gasteiger partial charge in [0.1, 0.15) is 22.3 Å². The van der Waals surface area contributed by atoms with E-state index < -0.39 is 7.15 Å². The molecule has 6 heterocycles. The zero-order chi connectivity index (χ0) is 63.6. The molecular weight excluding hydrogens is 1190 g/mol. The topological polar surface area (TPSA) is 98.6 Å². The molecule has 0 fully saturated rings. The molecule has 2 aliphatic rings. The third-order valence-corrected chi connectivity index (χ3v) is 19.4. The molecular formula is C83H59ClFN6NaO2. The third-order valence-electron chi connectivity index (χ3n) is 19.2. The van der Waals surface area contributed by atoms with Crippen LogP contribution in [0.5, 0.6) is 0 Å². The van der Waals surface area contributed by atoms with Crippen molar-refractivity contribution < 1.29 is 45.6 Å². The van der Waals surface area contributed by atoms with Gasteiger partial charge >= 0.3 is 29.6 Å². The Balaban J connectivity index is 0.000000127. The molecule has 0 spiro atoms. The number of rotatable bonds is 3. The van der Waals surface area contributed by atoms with Crippen molar-refractivity contribution in [2.45, 2.75) is 38.5 Å². The SMILES string of the molecule is CC1(C)c2cc3[nH]c4ccccc4c3cc2-c2cc3c(cc21)oc1ccccc13.CC1(C)c2cc3oc4ccccc4c3cc2-c2cc3c4ccccc4n(-c4nc(-c5ccccc5)c5ccccc5n4)c3cc21.Clc1nc(-c2ccccc2)c2ccccc2n1.[2H]CF.[H-].[Na+]. The van der Waals surface area contributed by atoms with Crippen LogP contribution in [0.1, 0.15) is 52.7 Å². The minimum absolute atomic E-state index is 0. The molecule has 0 bridgehead atoms. The monoisotopic (exact) mass is 1250 g/mol. The number of nitrogens with zero attached hydrogens (tertiary/aromatic N) is 5. The second kappa shape index (κ2) is 22.8. The number of nitrogens with one attached hydrogen (secondary N) is 1. The summed E-state index contributed by atoms with van der Waals surface area (Å²) in [4.78, 5) is 22.6. The molecule has 18 aromatic rings. The van der Waals surface area contributed by atoms with E-state index in [4.69, 9.17) is 31.8 Å². The normalized spacial score (nSPS) is 13.3. The Morgan fingerprint density at radius 2 is 0.819 bits per heavy atom. The molecule has 0 saturated heterocycles. The van der Waals surface area contributed by atoms with E-state index in [1.807, 2.05) is 78.9 Å². The molecule has 2 aliphatic carbocycles. The standard InChI is InChI=1S/C41H27N3O.C27H19NO.C14H9ClN2.CH3F.Na.H/c1-41(2)32-22-36-30(20-28(32)29-21-31-26-15-8-11-19-37(26)45-38(31)23-33(29)41)25-14-7-10-18-35(25)44(36)40-42-34-17-9-6-16-27(34)39(43-40)24-12-4-3-5-13-24;1-27(2)21-13-24-19(15-7-3-5-9-23(15)28-24)11-17(21)18-12-20-16-8-4-6-10-25(16)29-26(20)14-22(18)27;15-14-16-12-9-5-4-8-11(12)13(17-14)10-6-2-1-3-7-10;1-2;;/h3-23H,1-2H3;3-14,28H,1-2H3;1-9H;1H3;;/q;;;;+1;-1/i;;;1D;;. The zero-order valence-corrected chi connectivity index (χ0v) is 55.0. The smallest absolute Gasteiger partial charge is 1.00 e. The van der Waals surface area contributed by atoms with Crippen molar-refractivity contribution in [3.05, 3.63) is 282 Å². The largest absolute Gasteiger partial charge is 1.00 e. The molecule has 0 radical (unpaired) electrons. The summed E-state index contributed by atoms with van der Waals surface area (Å²) >= 11 is 5.95. The predicted octanol–water partition coefficient (Wildman–Crippen LogP) is 19.8. The molecule has 0 saturated carbocycles. The Bertz CT molecular complexity index is 5980. The van der Waals surface area contributed by atoms with Crippen LogP contribution >= 0.6 is 11.6 Å². The minimum Gasteiger partial charge on any atom is -1.00 e. The fourth-order valence-corrected chi connectivity index (χ4v) is 14.9. The average molecular weight is 1250 g/mol. The second-order valence-corrected chi connectivity index (χ2v) is 25.4. The van der Waals surface area contributed by atoms with Crippen molar-refractivity contribution in [1.29, 1.82) is 0 Å². The number of hydrogen-bond acceptors (Lipinski definition) is 6. The van der Waals surface area contributed by atoms with Gasteiger partial charge in [-0.1, -0.05) is 198 Å². The van der Waals surface area contributed by atoms with Gasteiger partial charge in [-0.25, -0.2) is 19.9 Å². The Morgan fingerprint density at radius 1 is 0.394 bits per heavy atom. The molecule has 8 nitrogen and oxygen atoms in total. The fourth-order valence-electron chi connectivity index (χ4n) is 14.8. The van der Waals surface area contributed by atoms with Crippen LogP contribution in [0.2, 0.25) is 5.28 Å². The minimum atomic E-state index is -1.00. The number of aromatic amines is 1. The summed E-state index contributed by atoms with van der Waals surface area (Å²) in [5, 5.41) is 12.0. The van der Waals surface area contributed by atoms with Crippen LogP contribution in [0.3, 0.4) is 0 Å². The number of aromatic nitrogens is 6. The van der Waals surface area contributed by atoms with Gasteiger partial charge in [0.25, 0.3) is 0 Å². The maximum Gasteiger partial charge on any atom is 1.00 e. The summed E-state index contributed by atoms with van der Waals surface area (Å²) in [5.41, 5.74) is 24.4. The van der Waals surface area contributed by atoms with E-state index in [0.717, 1.165) is 88.5 Å². The number of H-pyrrole nitrogens is 1. The molecule has 1 N–H and O–H groups in total. The average Bonchev–Trinajstić information content (AvgIpc) is 1.55. The molecule has 20 rings (SSSR count). The molecule has 94 heavy (non-hydrogen) atoms. The number of para-hydroxylation sites is 6. The first-order chi connectivity index (χ1) is 45.9. The quantitative estimate of drug-likeness (QED) is 0.140. The first kappa shape index (κ1) is 57.6. The van der Waals surface area contributed by atoms with Crippen molar-refractivity contribution in [3.8, 4) is 50.7 Å². The van der Waals surface area contributed by atoms with Gasteiger partial charge in [0.2, 0.25) is 11.2 Å². The molecule has 0 aliphatic heterocycles. The number of hydrogen-bond donors (Lipinski definition) is 1. The van der Waals surface area contributed by atoms with Crippen LogP contribution in [-0.4, -0.2) is 36.6 Å². The van der Waals surface area contributed by atoms with Gasteiger partial charge < -0.3 is 15.2 Å². The van der Waals surface area contributed by atoms with E-state index in [9.17, 15) is 4.39 Å². The number of halogens is 2. The molecule has 0 atom stereocenters. The summed E-state index contributed by atoms with van der Waals surface area (Å²) in [6, 6.07) is 89.1. The van der Waals surface area contributed by atoms with Gasteiger partial charge in [-0.05, 0) is 141 Å².